The highest BCUT2D eigenvalue weighted by Gasteiger charge is 2.21. The lowest BCUT2D eigenvalue weighted by atomic mass is 9.95. The Hall–Kier alpha value is -1.66. The van der Waals surface area contributed by atoms with Crippen molar-refractivity contribution in [1.82, 2.24) is 9.97 Å². The van der Waals surface area contributed by atoms with Gasteiger partial charge in [-0.15, -0.1) is 11.3 Å². The topological polar surface area (TPSA) is 75.9 Å². The maximum atomic E-state index is 5.59. The molecule has 21 heavy (non-hydrogen) atoms. The van der Waals surface area contributed by atoms with E-state index >= 15 is 0 Å². The van der Waals surface area contributed by atoms with Gasteiger partial charge in [0.1, 0.15) is 17.5 Å². The lowest BCUT2D eigenvalue weighted by molar-refractivity contribution is 0.545. The number of nitrogen functional groups attached to an aromatic ring is 1. The molecule has 0 aliphatic carbocycles. The smallest absolute Gasteiger partial charge is 0.148 e. The third-order valence-corrected chi connectivity index (χ3v) is 4.33. The zero-order chi connectivity index (χ0) is 15.6. The number of hydrogen-bond acceptors (Lipinski definition) is 6. The largest absolute Gasteiger partial charge is 0.362 e. The first-order chi connectivity index (χ1) is 9.82. The molecule has 0 radical (unpaired) electrons. The predicted molar refractivity (Wildman–Crippen MR) is 89.6 cm³/mol. The number of thiophene rings is 1. The van der Waals surface area contributed by atoms with Crippen molar-refractivity contribution in [2.45, 2.75) is 46.1 Å². The molecule has 0 saturated carbocycles. The molecular formula is C15H23N5S. The van der Waals surface area contributed by atoms with Gasteiger partial charge in [0.2, 0.25) is 0 Å². The first-order valence-corrected chi connectivity index (χ1v) is 7.86. The fraction of sp³-hybridized carbons (Fsp3) is 0.467. The summed E-state index contributed by atoms with van der Waals surface area (Å²) in [6.07, 6.45) is 0. The maximum Gasteiger partial charge on any atom is 0.148 e. The molecule has 2 heterocycles. The fourth-order valence-corrected chi connectivity index (χ4v) is 2.68. The molecule has 2 aromatic rings. The Balaban J connectivity index is 2.38. The Labute approximate surface area is 130 Å². The third kappa shape index (κ3) is 3.51. The molecule has 2 aromatic heterocycles. The third-order valence-electron chi connectivity index (χ3n) is 3.28. The Bertz CT molecular complexity index is 601. The molecule has 0 aliphatic heterocycles. The van der Waals surface area contributed by atoms with Crippen LogP contribution in [0.3, 0.4) is 0 Å². The van der Waals surface area contributed by atoms with Crippen LogP contribution in [0.5, 0.6) is 0 Å². The molecule has 0 spiro atoms. The van der Waals surface area contributed by atoms with Gasteiger partial charge in [-0.05, 0) is 25.3 Å². The molecule has 0 bridgehead atoms. The van der Waals surface area contributed by atoms with Crippen LogP contribution in [0, 0.1) is 6.92 Å². The zero-order valence-corrected chi connectivity index (χ0v) is 14.0. The molecular weight excluding hydrogens is 282 g/mol. The summed E-state index contributed by atoms with van der Waals surface area (Å²) in [4.78, 5) is 10.5. The van der Waals surface area contributed by atoms with E-state index in [1.807, 2.05) is 6.92 Å². The maximum absolute atomic E-state index is 5.59. The SMILES string of the molecule is Cc1c(NN)nc(C(C)(C)C)nc1NC(C)c1cccs1. The number of nitrogens with zero attached hydrogens (tertiary/aromatic N) is 2. The zero-order valence-electron chi connectivity index (χ0n) is 13.2. The quantitative estimate of drug-likeness (QED) is 0.594. The van der Waals surface area contributed by atoms with Crippen LogP contribution in [0.4, 0.5) is 11.6 Å². The summed E-state index contributed by atoms with van der Waals surface area (Å²) in [5.74, 6) is 7.84. The van der Waals surface area contributed by atoms with Gasteiger partial charge in [0, 0.05) is 15.9 Å². The van der Waals surface area contributed by atoms with Gasteiger partial charge >= 0.3 is 0 Å². The number of nitrogens with one attached hydrogen (secondary N) is 2. The molecule has 5 nitrogen and oxygen atoms in total. The second-order valence-electron chi connectivity index (χ2n) is 6.15. The molecule has 6 heteroatoms. The Morgan fingerprint density at radius 3 is 2.43 bits per heavy atom. The molecule has 4 N–H and O–H groups in total. The number of rotatable bonds is 4. The Morgan fingerprint density at radius 2 is 1.90 bits per heavy atom. The minimum absolute atomic E-state index is 0.137. The highest BCUT2D eigenvalue weighted by Crippen LogP contribution is 2.29. The van der Waals surface area contributed by atoms with Crippen molar-refractivity contribution in [3.05, 3.63) is 33.8 Å². The van der Waals surface area contributed by atoms with Gasteiger partial charge in [-0.3, -0.25) is 0 Å². The molecule has 1 unspecified atom stereocenters. The van der Waals surface area contributed by atoms with Crippen LogP contribution in [0.15, 0.2) is 17.5 Å². The summed E-state index contributed by atoms with van der Waals surface area (Å²) in [7, 11) is 0. The predicted octanol–water partition coefficient (Wildman–Crippen LogP) is 3.60. The second-order valence-corrected chi connectivity index (χ2v) is 7.12. The Kier molecular flexibility index (Phi) is 4.49. The van der Waals surface area contributed by atoms with E-state index in [2.05, 4.69) is 65.9 Å². The molecule has 0 amide bonds. The fourth-order valence-electron chi connectivity index (χ4n) is 1.95. The van der Waals surface area contributed by atoms with Gasteiger partial charge in [-0.25, -0.2) is 15.8 Å². The highest BCUT2D eigenvalue weighted by molar-refractivity contribution is 7.10. The van der Waals surface area contributed by atoms with E-state index in [1.54, 1.807) is 11.3 Å². The molecule has 114 valence electrons. The van der Waals surface area contributed by atoms with Crippen LogP contribution in [-0.2, 0) is 5.41 Å². The van der Waals surface area contributed by atoms with E-state index in [4.69, 9.17) is 5.84 Å². The summed E-state index contributed by atoms with van der Waals surface area (Å²) in [5, 5.41) is 5.54. The van der Waals surface area contributed by atoms with Crippen molar-refractivity contribution in [3.63, 3.8) is 0 Å². The first-order valence-electron chi connectivity index (χ1n) is 6.98. The van der Waals surface area contributed by atoms with Gasteiger partial charge in [0.05, 0.1) is 6.04 Å². The normalized spacial score (nSPS) is 13.0. The average molecular weight is 305 g/mol. The molecule has 0 fully saturated rings. The van der Waals surface area contributed by atoms with Crippen molar-refractivity contribution in [2.24, 2.45) is 5.84 Å². The minimum Gasteiger partial charge on any atom is -0.362 e. The van der Waals surface area contributed by atoms with Gasteiger partial charge in [0.15, 0.2) is 0 Å². The van der Waals surface area contributed by atoms with Crippen LogP contribution in [-0.4, -0.2) is 9.97 Å². The van der Waals surface area contributed by atoms with Crippen LogP contribution in [0.2, 0.25) is 0 Å². The molecule has 0 aromatic carbocycles. The number of nitrogens with two attached hydrogens (primary N) is 1. The van der Waals surface area contributed by atoms with Gasteiger partial charge in [-0.2, -0.15) is 0 Å². The second kappa shape index (κ2) is 5.99. The van der Waals surface area contributed by atoms with Crippen LogP contribution < -0.4 is 16.6 Å². The van der Waals surface area contributed by atoms with Gasteiger partial charge in [0.25, 0.3) is 0 Å². The number of aromatic nitrogens is 2. The standard InChI is InChI=1S/C15H23N5S/c1-9-12(17-10(2)11-7-6-8-21-11)18-14(15(3,4)5)19-13(9)20-16/h6-8,10H,16H2,1-5H3,(H2,17,18,19,20). The lowest BCUT2D eigenvalue weighted by Gasteiger charge is -2.22. The number of hydrogen-bond donors (Lipinski definition) is 3. The van der Waals surface area contributed by atoms with E-state index in [1.165, 1.54) is 4.88 Å². The van der Waals surface area contributed by atoms with Crippen molar-refractivity contribution in [1.29, 1.82) is 0 Å². The van der Waals surface area contributed by atoms with Crippen LogP contribution >= 0.6 is 11.3 Å². The minimum atomic E-state index is -0.137. The number of anilines is 2. The van der Waals surface area contributed by atoms with Crippen molar-refractivity contribution in [2.75, 3.05) is 10.7 Å². The van der Waals surface area contributed by atoms with E-state index in [0.29, 0.717) is 5.82 Å². The summed E-state index contributed by atoms with van der Waals surface area (Å²) in [6.45, 7) is 10.4. The lowest BCUT2D eigenvalue weighted by Crippen LogP contribution is -2.22. The van der Waals surface area contributed by atoms with Crippen molar-refractivity contribution in [3.8, 4) is 0 Å². The van der Waals surface area contributed by atoms with E-state index in [9.17, 15) is 0 Å². The van der Waals surface area contributed by atoms with Crippen molar-refractivity contribution < 1.29 is 0 Å². The van der Waals surface area contributed by atoms with Gasteiger partial charge in [-0.1, -0.05) is 26.8 Å². The van der Waals surface area contributed by atoms with E-state index in [-0.39, 0.29) is 11.5 Å². The van der Waals surface area contributed by atoms with E-state index < -0.39 is 0 Å². The summed E-state index contributed by atoms with van der Waals surface area (Å²) in [6, 6.07) is 4.36. The summed E-state index contributed by atoms with van der Waals surface area (Å²) < 4.78 is 0. The first kappa shape index (κ1) is 15.7. The average Bonchev–Trinajstić information content (AvgIpc) is 2.93. The van der Waals surface area contributed by atoms with E-state index in [0.717, 1.165) is 17.2 Å². The molecule has 0 aliphatic rings. The molecule has 2 rings (SSSR count). The summed E-state index contributed by atoms with van der Waals surface area (Å²) in [5.41, 5.74) is 3.46. The highest BCUT2D eigenvalue weighted by atomic mass is 32.1. The van der Waals surface area contributed by atoms with Crippen LogP contribution in [0.25, 0.3) is 0 Å². The van der Waals surface area contributed by atoms with Gasteiger partial charge < -0.3 is 10.7 Å². The molecule has 0 saturated heterocycles. The monoisotopic (exact) mass is 305 g/mol. The van der Waals surface area contributed by atoms with Crippen molar-refractivity contribution >= 4 is 23.0 Å². The number of hydrazine groups is 1. The van der Waals surface area contributed by atoms with Crippen LogP contribution in [0.1, 0.15) is 50.0 Å². The summed E-state index contributed by atoms with van der Waals surface area (Å²) >= 11 is 1.73. The molecule has 1 atom stereocenters. The Morgan fingerprint density at radius 1 is 1.24 bits per heavy atom.